The van der Waals surface area contributed by atoms with E-state index in [1.165, 1.54) is 24.5 Å². The van der Waals surface area contributed by atoms with Crippen molar-refractivity contribution in [1.82, 2.24) is 20.3 Å². The van der Waals surface area contributed by atoms with Crippen LogP contribution in [0.25, 0.3) is 17.1 Å². The second-order valence-electron chi connectivity index (χ2n) is 6.18. The molecule has 26 heavy (non-hydrogen) atoms. The van der Waals surface area contributed by atoms with Crippen molar-refractivity contribution >= 4 is 23.0 Å². The Balaban J connectivity index is 1.55. The molecule has 0 radical (unpaired) electrons. The fourth-order valence-electron chi connectivity index (χ4n) is 2.62. The zero-order chi connectivity index (χ0) is 17.9. The number of ether oxygens (including phenoxy) is 1. The van der Waals surface area contributed by atoms with Crippen LogP contribution in [0.1, 0.15) is 24.0 Å². The van der Waals surface area contributed by atoms with Gasteiger partial charge in [-0.25, -0.2) is 14.4 Å². The minimum absolute atomic E-state index is 0.124. The highest BCUT2D eigenvalue weighted by Crippen LogP contribution is 2.27. The minimum Gasteiger partial charge on any atom is -0.472 e. The summed E-state index contributed by atoms with van der Waals surface area (Å²) < 4.78 is 19.1. The maximum Gasteiger partial charge on any atom is 0.244 e. The van der Waals surface area contributed by atoms with Gasteiger partial charge in [0.2, 0.25) is 11.8 Å². The summed E-state index contributed by atoms with van der Waals surface area (Å²) in [5, 5.41) is 3.58. The lowest BCUT2D eigenvalue weighted by Crippen LogP contribution is -2.22. The first-order valence-electron chi connectivity index (χ1n) is 8.37. The lowest BCUT2D eigenvalue weighted by atomic mass is 10.2. The number of hydrogen-bond donors (Lipinski definition) is 2. The van der Waals surface area contributed by atoms with Crippen LogP contribution in [-0.2, 0) is 11.4 Å². The summed E-state index contributed by atoms with van der Waals surface area (Å²) >= 11 is 0. The Kier molecular flexibility index (Phi) is 4.35. The molecule has 0 unspecified atom stereocenters. The topological polar surface area (TPSA) is 79.9 Å². The van der Waals surface area contributed by atoms with E-state index < -0.39 is 0 Å². The van der Waals surface area contributed by atoms with Crippen LogP contribution < -0.4 is 10.1 Å². The van der Waals surface area contributed by atoms with Gasteiger partial charge < -0.3 is 15.0 Å². The third-order valence-corrected chi connectivity index (χ3v) is 4.07. The number of hydrogen-bond acceptors (Lipinski definition) is 4. The van der Waals surface area contributed by atoms with Crippen LogP contribution in [0.5, 0.6) is 5.88 Å². The molecule has 7 heteroatoms. The maximum absolute atomic E-state index is 13.3. The summed E-state index contributed by atoms with van der Waals surface area (Å²) in [4.78, 5) is 23.2. The number of nitrogens with zero attached hydrogens (tertiary/aromatic N) is 2. The second kappa shape index (κ2) is 6.95. The van der Waals surface area contributed by atoms with Gasteiger partial charge in [0.05, 0.1) is 5.39 Å². The van der Waals surface area contributed by atoms with Crippen molar-refractivity contribution in [1.29, 1.82) is 0 Å². The predicted octanol–water partition coefficient (Wildman–Crippen LogP) is 2.97. The molecule has 1 amide bonds. The zero-order valence-electron chi connectivity index (χ0n) is 13.9. The van der Waals surface area contributed by atoms with Crippen molar-refractivity contribution in [3.63, 3.8) is 0 Å². The van der Waals surface area contributed by atoms with E-state index in [0.29, 0.717) is 28.5 Å². The number of benzene rings is 1. The van der Waals surface area contributed by atoms with Crippen LogP contribution in [0.15, 0.2) is 42.9 Å². The van der Waals surface area contributed by atoms with Gasteiger partial charge in [0.25, 0.3) is 0 Å². The molecule has 1 aliphatic rings. The number of aromatic amines is 1. The third kappa shape index (κ3) is 3.72. The maximum atomic E-state index is 13.3. The molecule has 0 atom stereocenters. The summed E-state index contributed by atoms with van der Waals surface area (Å²) in [6.07, 6.45) is 8.42. The number of H-pyrrole nitrogens is 1. The van der Waals surface area contributed by atoms with Crippen molar-refractivity contribution in [2.45, 2.75) is 25.5 Å². The van der Waals surface area contributed by atoms with E-state index in [0.717, 1.165) is 18.4 Å². The Morgan fingerprint density at radius 3 is 3.08 bits per heavy atom. The SMILES string of the molecule is O=C(/C=C/c1c[nH]c2ncnc(OCc3cccc(F)c3)c12)NC1CC1. The fraction of sp³-hybridized carbons (Fsp3) is 0.211. The standard InChI is InChI=1S/C19H17FN4O2/c20-14-3-1-2-12(8-14)10-26-19-17-13(9-21-18(17)22-11-23-19)4-7-16(25)24-15-5-6-15/h1-4,7-9,11,15H,5-6,10H2,(H,24,25)(H,21,22,23)/b7-4+. The molecule has 1 fully saturated rings. The number of aromatic nitrogens is 3. The molecule has 0 bridgehead atoms. The molecular formula is C19H17FN4O2. The zero-order valence-corrected chi connectivity index (χ0v) is 13.9. The van der Waals surface area contributed by atoms with Crippen LogP contribution in [0.3, 0.4) is 0 Å². The lowest BCUT2D eigenvalue weighted by Gasteiger charge is -2.07. The van der Waals surface area contributed by atoms with E-state index in [1.54, 1.807) is 24.4 Å². The summed E-state index contributed by atoms with van der Waals surface area (Å²) in [6.45, 7) is 0.181. The van der Waals surface area contributed by atoms with E-state index in [-0.39, 0.29) is 18.3 Å². The molecule has 132 valence electrons. The monoisotopic (exact) mass is 352 g/mol. The second-order valence-corrected chi connectivity index (χ2v) is 6.18. The van der Waals surface area contributed by atoms with Gasteiger partial charge in [-0.2, -0.15) is 0 Å². The smallest absolute Gasteiger partial charge is 0.244 e. The van der Waals surface area contributed by atoms with E-state index >= 15 is 0 Å². The molecule has 2 N–H and O–H groups in total. The average molecular weight is 352 g/mol. The van der Waals surface area contributed by atoms with Crippen LogP contribution in [0.4, 0.5) is 4.39 Å². The van der Waals surface area contributed by atoms with Crippen LogP contribution in [0.2, 0.25) is 0 Å². The first-order chi connectivity index (χ1) is 12.7. The predicted molar refractivity (Wildman–Crippen MR) is 94.8 cm³/mol. The van der Waals surface area contributed by atoms with E-state index in [9.17, 15) is 9.18 Å². The summed E-state index contributed by atoms with van der Waals surface area (Å²) in [6, 6.07) is 6.52. The summed E-state index contributed by atoms with van der Waals surface area (Å²) in [5.74, 6) is -0.0606. The number of rotatable bonds is 6. The van der Waals surface area contributed by atoms with Gasteiger partial charge in [-0.3, -0.25) is 4.79 Å². The van der Waals surface area contributed by atoms with Gasteiger partial charge >= 0.3 is 0 Å². The molecule has 2 heterocycles. The Hall–Kier alpha value is -3.22. The molecule has 1 aromatic carbocycles. The van der Waals surface area contributed by atoms with Gasteiger partial charge in [0, 0.05) is 23.9 Å². The van der Waals surface area contributed by atoms with Crippen LogP contribution in [0, 0.1) is 5.82 Å². The van der Waals surface area contributed by atoms with E-state index in [1.807, 2.05) is 0 Å². The van der Waals surface area contributed by atoms with Gasteiger partial charge in [0.1, 0.15) is 24.4 Å². The Morgan fingerprint density at radius 2 is 2.27 bits per heavy atom. The number of nitrogens with one attached hydrogen (secondary N) is 2. The third-order valence-electron chi connectivity index (χ3n) is 4.07. The van der Waals surface area contributed by atoms with E-state index in [2.05, 4.69) is 20.3 Å². The molecule has 1 saturated carbocycles. The van der Waals surface area contributed by atoms with Crippen molar-refractivity contribution in [2.75, 3.05) is 0 Å². The molecule has 2 aromatic heterocycles. The lowest BCUT2D eigenvalue weighted by molar-refractivity contribution is -0.116. The fourth-order valence-corrected chi connectivity index (χ4v) is 2.62. The highest BCUT2D eigenvalue weighted by atomic mass is 19.1. The Morgan fingerprint density at radius 1 is 1.38 bits per heavy atom. The van der Waals surface area contributed by atoms with Crippen LogP contribution >= 0.6 is 0 Å². The number of amides is 1. The number of fused-ring (bicyclic) bond motifs is 1. The van der Waals surface area contributed by atoms with Crippen molar-refractivity contribution in [3.05, 3.63) is 59.8 Å². The molecular weight excluding hydrogens is 335 g/mol. The first kappa shape index (κ1) is 16.3. The number of carbonyl (C=O) groups is 1. The van der Waals surface area contributed by atoms with Crippen molar-refractivity contribution in [3.8, 4) is 5.88 Å². The minimum atomic E-state index is -0.314. The molecule has 3 aromatic rings. The normalized spacial score (nSPS) is 14.0. The van der Waals surface area contributed by atoms with Crippen molar-refractivity contribution in [2.24, 2.45) is 0 Å². The summed E-state index contributed by atoms with van der Waals surface area (Å²) in [5.41, 5.74) is 2.06. The van der Waals surface area contributed by atoms with Gasteiger partial charge in [0.15, 0.2) is 0 Å². The average Bonchev–Trinajstić information content (AvgIpc) is 3.35. The summed E-state index contributed by atoms with van der Waals surface area (Å²) in [7, 11) is 0. The molecule has 4 rings (SSSR count). The molecule has 0 saturated heterocycles. The number of halogens is 1. The quantitative estimate of drug-likeness (QED) is 0.669. The number of carbonyl (C=O) groups excluding carboxylic acids is 1. The van der Waals surface area contributed by atoms with Gasteiger partial charge in [-0.05, 0) is 36.6 Å². The Labute approximate surface area is 149 Å². The molecule has 6 nitrogen and oxygen atoms in total. The van der Waals surface area contributed by atoms with Gasteiger partial charge in [-0.1, -0.05) is 12.1 Å². The van der Waals surface area contributed by atoms with Crippen molar-refractivity contribution < 1.29 is 13.9 Å². The van der Waals surface area contributed by atoms with E-state index in [4.69, 9.17) is 4.74 Å². The highest BCUT2D eigenvalue weighted by Gasteiger charge is 2.22. The molecule has 0 spiro atoms. The highest BCUT2D eigenvalue weighted by molar-refractivity contribution is 5.97. The largest absolute Gasteiger partial charge is 0.472 e. The van der Waals surface area contributed by atoms with Gasteiger partial charge in [-0.15, -0.1) is 0 Å². The molecule has 0 aliphatic heterocycles. The first-order valence-corrected chi connectivity index (χ1v) is 8.37. The van der Waals surface area contributed by atoms with Crippen LogP contribution in [-0.4, -0.2) is 26.9 Å². The Bertz CT molecular complexity index is 979. The molecule has 1 aliphatic carbocycles.